The van der Waals surface area contributed by atoms with E-state index in [1.807, 2.05) is 19.1 Å². The Morgan fingerprint density at radius 3 is 2.33 bits per heavy atom. The molecular formula is C20H35N3O4. The van der Waals surface area contributed by atoms with Crippen molar-refractivity contribution in [2.45, 2.75) is 33.7 Å². The summed E-state index contributed by atoms with van der Waals surface area (Å²) in [6.45, 7) is 9.79. The predicted octanol–water partition coefficient (Wildman–Crippen LogP) is 2.83. The Morgan fingerprint density at radius 1 is 1.00 bits per heavy atom. The van der Waals surface area contributed by atoms with Gasteiger partial charge in [0.15, 0.2) is 17.5 Å². The second-order valence-corrected chi connectivity index (χ2v) is 6.41. The molecule has 7 nitrogen and oxygen atoms in total. The lowest BCUT2D eigenvalue weighted by atomic mass is 10.1. The highest BCUT2D eigenvalue weighted by molar-refractivity contribution is 5.79. The summed E-state index contributed by atoms with van der Waals surface area (Å²) in [5, 5.41) is 6.52. The summed E-state index contributed by atoms with van der Waals surface area (Å²) in [5.74, 6) is 3.23. The molecule has 0 spiro atoms. The maximum atomic E-state index is 5.63. The van der Waals surface area contributed by atoms with E-state index >= 15 is 0 Å². The van der Waals surface area contributed by atoms with Crippen molar-refractivity contribution in [1.29, 1.82) is 0 Å². The zero-order chi connectivity index (χ0) is 20.1. The third-order valence-electron chi connectivity index (χ3n) is 3.92. The van der Waals surface area contributed by atoms with Gasteiger partial charge < -0.3 is 29.6 Å². The molecule has 0 atom stereocenters. The Kier molecular flexibility index (Phi) is 11.1. The third kappa shape index (κ3) is 7.95. The molecule has 1 aromatic rings. The minimum Gasteiger partial charge on any atom is -0.493 e. The fourth-order valence-corrected chi connectivity index (χ4v) is 2.46. The van der Waals surface area contributed by atoms with E-state index in [1.54, 1.807) is 21.3 Å². The van der Waals surface area contributed by atoms with Crippen LogP contribution in [0.3, 0.4) is 0 Å². The first-order valence-corrected chi connectivity index (χ1v) is 9.45. The summed E-state index contributed by atoms with van der Waals surface area (Å²) in [5.41, 5.74) is 0.917. The molecule has 0 bridgehead atoms. The van der Waals surface area contributed by atoms with Crippen LogP contribution in [0.1, 0.15) is 32.8 Å². The second kappa shape index (κ2) is 13.1. The second-order valence-electron chi connectivity index (χ2n) is 6.41. The summed E-state index contributed by atoms with van der Waals surface area (Å²) in [6.07, 6.45) is 1.08. The molecule has 0 radical (unpaired) electrons. The molecule has 7 heteroatoms. The van der Waals surface area contributed by atoms with Gasteiger partial charge in [0, 0.05) is 25.3 Å². The van der Waals surface area contributed by atoms with Gasteiger partial charge in [0.25, 0.3) is 0 Å². The van der Waals surface area contributed by atoms with Gasteiger partial charge in [-0.2, -0.15) is 0 Å². The van der Waals surface area contributed by atoms with Gasteiger partial charge in [-0.15, -0.1) is 0 Å². The number of methoxy groups -OCH3 is 3. The van der Waals surface area contributed by atoms with Crippen molar-refractivity contribution < 1.29 is 18.9 Å². The van der Waals surface area contributed by atoms with E-state index in [0.717, 1.165) is 31.1 Å². The van der Waals surface area contributed by atoms with Crippen molar-refractivity contribution in [3.05, 3.63) is 17.7 Å². The number of ether oxygens (including phenoxy) is 4. The Balaban J connectivity index is 2.69. The van der Waals surface area contributed by atoms with Crippen molar-refractivity contribution in [3.63, 3.8) is 0 Å². The Bertz CT molecular complexity index is 577. The molecule has 0 aliphatic heterocycles. The maximum absolute atomic E-state index is 5.63. The average molecular weight is 382 g/mol. The number of hydrogen-bond donors (Lipinski definition) is 2. The number of hydrogen-bond acceptors (Lipinski definition) is 5. The Morgan fingerprint density at radius 2 is 1.74 bits per heavy atom. The lowest BCUT2D eigenvalue weighted by Crippen LogP contribution is -2.39. The quantitative estimate of drug-likeness (QED) is 0.329. The van der Waals surface area contributed by atoms with Gasteiger partial charge >= 0.3 is 0 Å². The first-order chi connectivity index (χ1) is 13.1. The summed E-state index contributed by atoms with van der Waals surface area (Å²) in [4.78, 5) is 4.63. The molecule has 0 aromatic heterocycles. The molecule has 0 fully saturated rings. The third-order valence-corrected chi connectivity index (χ3v) is 3.92. The van der Waals surface area contributed by atoms with Crippen molar-refractivity contribution in [3.8, 4) is 17.2 Å². The van der Waals surface area contributed by atoms with Crippen molar-refractivity contribution >= 4 is 5.96 Å². The van der Waals surface area contributed by atoms with Crippen LogP contribution in [-0.2, 0) is 11.3 Å². The van der Waals surface area contributed by atoms with Crippen molar-refractivity contribution in [2.24, 2.45) is 10.9 Å². The summed E-state index contributed by atoms with van der Waals surface area (Å²) < 4.78 is 21.9. The van der Waals surface area contributed by atoms with E-state index in [1.165, 1.54) is 0 Å². The van der Waals surface area contributed by atoms with Crippen LogP contribution in [0.25, 0.3) is 0 Å². The molecule has 0 aliphatic rings. The van der Waals surface area contributed by atoms with Crippen LogP contribution in [-0.4, -0.2) is 53.6 Å². The number of nitrogens with zero attached hydrogens (tertiary/aromatic N) is 1. The zero-order valence-corrected chi connectivity index (χ0v) is 17.6. The van der Waals surface area contributed by atoms with Crippen LogP contribution >= 0.6 is 0 Å². The van der Waals surface area contributed by atoms with E-state index in [0.29, 0.717) is 42.9 Å². The van der Waals surface area contributed by atoms with Crippen LogP contribution in [0, 0.1) is 5.92 Å². The maximum Gasteiger partial charge on any atom is 0.203 e. The van der Waals surface area contributed by atoms with Gasteiger partial charge in [-0.1, -0.05) is 13.8 Å². The topological polar surface area (TPSA) is 73.3 Å². The van der Waals surface area contributed by atoms with E-state index in [-0.39, 0.29) is 0 Å². The molecule has 0 heterocycles. The SMILES string of the molecule is CCNC(=NCc1ccc(OC)c(OC)c1OC)NCCOCCC(C)C. The number of rotatable bonds is 12. The van der Waals surface area contributed by atoms with Crippen LogP contribution in [0.5, 0.6) is 17.2 Å². The van der Waals surface area contributed by atoms with Gasteiger partial charge in [-0.05, 0) is 31.4 Å². The predicted molar refractivity (Wildman–Crippen MR) is 109 cm³/mol. The first-order valence-electron chi connectivity index (χ1n) is 9.45. The lowest BCUT2D eigenvalue weighted by Gasteiger charge is -2.16. The minimum absolute atomic E-state index is 0.451. The van der Waals surface area contributed by atoms with Crippen LogP contribution in [0.4, 0.5) is 0 Å². The van der Waals surface area contributed by atoms with Gasteiger partial charge in [-0.25, -0.2) is 4.99 Å². The molecule has 2 N–H and O–H groups in total. The highest BCUT2D eigenvalue weighted by Gasteiger charge is 2.15. The van der Waals surface area contributed by atoms with Gasteiger partial charge in [0.05, 0.1) is 34.5 Å². The van der Waals surface area contributed by atoms with E-state index in [2.05, 4.69) is 29.5 Å². The largest absolute Gasteiger partial charge is 0.493 e. The molecule has 0 saturated heterocycles. The number of guanidine groups is 1. The number of benzene rings is 1. The Labute approximate surface area is 163 Å². The fourth-order valence-electron chi connectivity index (χ4n) is 2.46. The van der Waals surface area contributed by atoms with Crippen LogP contribution in [0.15, 0.2) is 17.1 Å². The van der Waals surface area contributed by atoms with E-state index in [9.17, 15) is 0 Å². The average Bonchev–Trinajstić information content (AvgIpc) is 2.67. The van der Waals surface area contributed by atoms with Gasteiger partial charge in [0.2, 0.25) is 5.75 Å². The van der Waals surface area contributed by atoms with Crippen molar-refractivity contribution in [2.75, 3.05) is 47.6 Å². The molecule has 0 aliphatic carbocycles. The Hall–Kier alpha value is -2.15. The minimum atomic E-state index is 0.451. The number of aliphatic imine (C=N–C) groups is 1. The molecule has 0 unspecified atom stereocenters. The smallest absolute Gasteiger partial charge is 0.203 e. The molecule has 1 aromatic carbocycles. The van der Waals surface area contributed by atoms with Crippen molar-refractivity contribution in [1.82, 2.24) is 10.6 Å². The highest BCUT2D eigenvalue weighted by atomic mass is 16.5. The molecular weight excluding hydrogens is 346 g/mol. The standard InChI is InChI=1S/C20H35N3O4/c1-7-21-20(22-11-13-27-12-10-15(2)3)23-14-16-8-9-17(24-4)19(26-6)18(16)25-5/h8-9,15H,7,10-14H2,1-6H3,(H2,21,22,23). The summed E-state index contributed by atoms with van der Waals surface area (Å²) in [7, 11) is 4.81. The van der Waals surface area contributed by atoms with Crippen LogP contribution in [0.2, 0.25) is 0 Å². The molecule has 1 rings (SSSR count). The summed E-state index contributed by atoms with van der Waals surface area (Å²) in [6, 6.07) is 3.79. The van der Waals surface area contributed by atoms with Gasteiger partial charge in [-0.3, -0.25) is 0 Å². The molecule has 154 valence electrons. The van der Waals surface area contributed by atoms with Crippen LogP contribution < -0.4 is 24.8 Å². The van der Waals surface area contributed by atoms with E-state index < -0.39 is 0 Å². The highest BCUT2D eigenvalue weighted by Crippen LogP contribution is 2.39. The lowest BCUT2D eigenvalue weighted by molar-refractivity contribution is 0.128. The van der Waals surface area contributed by atoms with Gasteiger partial charge in [0.1, 0.15) is 0 Å². The number of nitrogens with one attached hydrogen (secondary N) is 2. The first kappa shape index (κ1) is 22.9. The summed E-state index contributed by atoms with van der Waals surface area (Å²) >= 11 is 0. The molecule has 0 amide bonds. The normalized spacial score (nSPS) is 11.4. The molecule has 27 heavy (non-hydrogen) atoms. The zero-order valence-electron chi connectivity index (χ0n) is 17.6. The fraction of sp³-hybridized carbons (Fsp3) is 0.650. The molecule has 0 saturated carbocycles. The van der Waals surface area contributed by atoms with E-state index in [4.69, 9.17) is 18.9 Å². The monoisotopic (exact) mass is 381 g/mol.